The van der Waals surface area contributed by atoms with Crippen molar-refractivity contribution < 1.29 is 9.18 Å². The lowest BCUT2D eigenvalue weighted by atomic mass is 10.2. The highest BCUT2D eigenvalue weighted by atomic mass is 32.2. The Morgan fingerprint density at radius 2 is 2.05 bits per heavy atom. The lowest BCUT2D eigenvalue weighted by Crippen LogP contribution is -2.12. The van der Waals surface area contributed by atoms with E-state index in [1.807, 2.05) is 13.8 Å². The molecular weight excluding hydrogens is 319 g/mol. The van der Waals surface area contributed by atoms with Gasteiger partial charge in [-0.25, -0.2) is 4.39 Å². The molecule has 0 fully saturated rings. The van der Waals surface area contributed by atoms with Gasteiger partial charge in [-0.05, 0) is 43.7 Å². The van der Waals surface area contributed by atoms with Crippen LogP contribution >= 0.6 is 23.1 Å². The number of aryl methyl sites for hydroxylation is 1. The molecule has 1 aromatic carbocycles. The van der Waals surface area contributed by atoms with E-state index in [-0.39, 0.29) is 11.7 Å². The van der Waals surface area contributed by atoms with Gasteiger partial charge in [0, 0.05) is 21.9 Å². The van der Waals surface area contributed by atoms with Gasteiger partial charge in [-0.1, -0.05) is 0 Å². The summed E-state index contributed by atoms with van der Waals surface area (Å²) in [6, 6.07) is 8.32. The highest BCUT2D eigenvalue weighted by Gasteiger charge is 2.14. The molecule has 0 saturated carbocycles. The van der Waals surface area contributed by atoms with E-state index < -0.39 is 0 Å². The Morgan fingerprint density at radius 1 is 1.36 bits per heavy atom. The highest BCUT2D eigenvalue weighted by Crippen LogP contribution is 2.31. The van der Waals surface area contributed by atoms with Crippen molar-refractivity contribution >= 4 is 34.0 Å². The van der Waals surface area contributed by atoms with Gasteiger partial charge in [0.25, 0.3) is 0 Å². The molecule has 0 aliphatic heterocycles. The number of hydrogen-bond donors (Lipinski definition) is 1. The minimum Gasteiger partial charge on any atom is -0.317 e. The summed E-state index contributed by atoms with van der Waals surface area (Å²) in [6.07, 6.45) is 0.336. The van der Waals surface area contributed by atoms with Crippen molar-refractivity contribution in [2.45, 2.75) is 25.2 Å². The Bertz CT molecular complexity index is 717. The number of thioether (sulfide) groups is 1. The van der Waals surface area contributed by atoms with Crippen LogP contribution in [0.1, 0.15) is 22.4 Å². The maximum atomic E-state index is 12.8. The second-order valence-corrected chi connectivity index (χ2v) is 7.09. The molecule has 0 unspecified atom stereocenters. The smallest absolute Gasteiger partial charge is 0.225 e. The van der Waals surface area contributed by atoms with Gasteiger partial charge in [0.15, 0.2) is 0 Å². The Morgan fingerprint density at radius 3 is 2.68 bits per heavy atom. The predicted molar refractivity (Wildman–Crippen MR) is 88.9 cm³/mol. The summed E-state index contributed by atoms with van der Waals surface area (Å²) in [5.41, 5.74) is 1.46. The van der Waals surface area contributed by atoms with Crippen LogP contribution in [-0.4, -0.2) is 11.7 Å². The van der Waals surface area contributed by atoms with Crippen molar-refractivity contribution in [1.29, 1.82) is 5.26 Å². The number of nitrogens with zero attached hydrogens (tertiary/aromatic N) is 1. The van der Waals surface area contributed by atoms with Gasteiger partial charge >= 0.3 is 0 Å². The summed E-state index contributed by atoms with van der Waals surface area (Å²) in [5, 5.41) is 12.6. The maximum Gasteiger partial charge on any atom is 0.225 e. The minimum absolute atomic E-state index is 0.118. The molecule has 0 atom stereocenters. The van der Waals surface area contributed by atoms with E-state index in [0.717, 1.165) is 15.3 Å². The zero-order valence-electron chi connectivity index (χ0n) is 12.3. The highest BCUT2D eigenvalue weighted by molar-refractivity contribution is 7.99. The van der Waals surface area contributed by atoms with Gasteiger partial charge < -0.3 is 5.32 Å². The van der Waals surface area contributed by atoms with Crippen LogP contribution in [0.2, 0.25) is 0 Å². The summed E-state index contributed by atoms with van der Waals surface area (Å²) in [7, 11) is 0. The van der Waals surface area contributed by atoms with E-state index in [4.69, 9.17) is 5.26 Å². The first-order valence-corrected chi connectivity index (χ1v) is 8.49. The molecule has 0 aliphatic carbocycles. The average Bonchev–Trinajstić information content (AvgIpc) is 2.75. The maximum absolute atomic E-state index is 12.8. The lowest BCUT2D eigenvalue weighted by Gasteiger charge is -2.04. The van der Waals surface area contributed by atoms with Crippen molar-refractivity contribution in [1.82, 2.24) is 0 Å². The fourth-order valence-electron chi connectivity index (χ4n) is 1.83. The number of hydrogen-bond acceptors (Lipinski definition) is 4. The molecule has 0 aliphatic rings. The van der Waals surface area contributed by atoms with Crippen LogP contribution < -0.4 is 5.32 Å². The van der Waals surface area contributed by atoms with Gasteiger partial charge in [0.2, 0.25) is 5.91 Å². The molecule has 1 amide bonds. The molecule has 22 heavy (non-hydrogen) atoms. The van der Waals surface area contributed by atoms with Crippen molar-refractivity contribution in [3.05, 3.63) is 46.1 Å². The Kier molecular flexibility index (Phi) is 5.58. The zero-order valence-corrected chi connectivity index (χ0v) is 13.9. The topological polar surface area (TPSA) is 52.9 Å². The second-order valence-electron chi connectivity index (χ2n) is 4.70. The predicted octanol–water partition coefficient (Wildman–Crippen LogP) is 4.50. The normalized spacial score (nSPS) is 10.3. The van der Waals surface area contributed by atoms with E-state index >= 15 is 0 Å². The van der Waals surface area contributed by atoms with Crippen LogP contribution in [0.25, 0.3) is 0 Å². The number of carbonyl (C=O) groups is 1. The van der Waals surface area contributed by atoms with Crippen molar-refractivity contribution in [3.63, 3.8) is 0 Å². The molecule has 0 bridgehead atoms. The Labute approximate surface area is 137 Å². The molecule has 1 aromatic heterocycles. The molecule has 3 nitrogen and oxygen atoms in total. The molecule has 1 N–H and O–H groups in total. The fraction of sp³-hybridized carbons (Fsp3) is 0.250. The van der Waals surface area contributed by atoms with Crippen LogP contribution in [0.3, 0.4) is 0 Å². The van der Waals surface area contributed by atoms with Crippen LogP contribution in [0.5, 0.6) is 0 Å². The summed E-state index contributed by atoms with van der Waals surface area (Å²) in [6.45, 7) is 3.81. The van der Waals surface area contributed by atoms with Gasteiger partial charge in [0.05, 0.1) is 5.56 Å². The van der Waals surface area contributed by atoms with E-state index in [2.05, 4.69) is 11.4 Å². The van der Waals surface area contributed by atoms with Crippen molar-refractivity contribution in [2.75, 3.05) is 11.1 Å². The molecule has 6 heteroatoms. The number of rotatable bonds is 5. The first kappa shape index (κ1) is 16.5. The van der Waals surface area contributed by atoms with Crippen LogP contribution in [0.15, 0.2) is 29.2 Å². The van der Waals surface area contributed by atoms with Gasteiger partial charge in [-0.3, -0.25) is 4.79 Å². The van der Waals surface area contributed by atoms with Crippen LogP contribution in [0, 0.1) is 31.0 Å². The third-order valence-electron chi connectivity index (χ3n) is 3.16. The molecule has 2 aromatic rings. The van der Waals surface area contributed by atoms with Gasteiger partial charge in [-0.2, -0.15) is 5.26 Å². The number of thiophene rings is 1. The van der Waals surface area contributed by atoms with Gasteiger partial charge in [0.1, 0.15) is 16.9 Å². The number of carbonyl (C=O) groups excluding carboxylic acids is 1. The average molecular weight is 334 g/mol. The molecule has 2 rings (SSSR count). The van der Waals surface area contributed by atoms with Gasteiger partial charge in [-0.15, -0.1) is 23.1 Å². The summed E-state index contributed by atoms with van der Waals surface area (Å²) < 4.78 is 12.8. The molecular formula is C16H15FN2OS2. The number of anilines is 1. The number of nitrogens with one attached hydrogen (secondary N) is 1. The lowest BCUT2D eigenvalue weighted by molar-refractivity contribution is -0.115. The van der Waals surface area contributed by atoms with E-state index in [1.54, 1.807) is 12.1 Å². The fourth-order valence-corrected chi connectivity index (χ4v) is 3.71. The van der Waals surface area contributed by atoms with Crippen LogP contribution in [-0.2, 0) is 4.79 Å². The number of halogens is 1. The molecule has 0 radical (unpaired) electrons. The van der Waals surface area contributed by atoms with Crippen molar-refractivity contribution in [2.24, 2.45) is 0 Å². The molecule has 1 heterocycles. The monoisotopic (exact) mass is 334 g/mol. The summed E-state index contributed by atoms with van der Waals surface area (Å²) in [4.78, 5) is 13.9. The third kappa shape index (κ3) is 4.09. The minimum atomic E-state index is -0.269. The third-order valence-corrected chi connectivity index (χ3v) is 5.30. The van der Waals surface area contributed by atoms with Crippen molar-refractivity contribution in [3.8, 4) is 6.07 Å². The molecule has 114 valence electrons. The van der Waals surface area contributed by atoms with E-state index in [9.17, 15) is 9.18 Å². The first-order valence-electron chi connectivity index (χ1n) is 6.69. The molecule has 0 saturated heterocycles. The van der Waals surface area contributed by atoms with Crippen LogP contribution in [0.4, 0.5) is 9.39 Å². The second kappa shape index (κ2) is 7.43. The van der Waals surface area contributed by atoms with E-state index in [0.29, 0.717) is 22.7 Å². The zero-order chi connectivity index (χ0) is 16.1. The standard InChI is InChI=1S/C16H15FN2OS2/c1-10-11(2)22-16(14(10)9-18)19-15(20)7-8-21-13-5-3-12(17)4-6-13/h3-6H,7-8H2,1-2H3,(H,19,20). The number of amides is 1. The number of nitriles is 1. The summed E-state index contributed by atoms with van der Waals surface area (Å²) >= 11 is 2.92. The largest absolute Gasteiger partial charge is 0.317 e. The number of benzene rings is 1. The Hall–Kier alpha value is -1.84. The van der Waals surface area contributed by atoms with E-state index in [1.165, 1.54) is 35.2 Å². The first-order chi connectivity index (χ1) is 10.5. The molecule has 0 spiro atoms. The quantitative estimate of drug-likeness (QED) is 0.819. The Balaban J connectivity index is 1.87. The summed E-state index contributed by atoms with van der Waals surface area (Å²) in [5.74, 6) is 0.213. The SMILES string of the molecule is Cc1sc(NC(=O)CCSc2ccc(F)cc2)c(C#N)c1C.